The Morgan fingerprint density at radius 3 is 2.33 bits per heavy atom. The molecular weight excluding hydrogens is 584 g/mol. The van der Waals surface area contributed by atoms with Gasteiger partial charge in [-0.1, -0.05) is 75.1 Å². The van der Waals surface area contributed by atoms with Crippen LogP contribution >= 0.6 is 0 Å². The predicted molar refractivity (Wildman–Crippen MR) is 179 cm³/mol. The smallest absolute Gasteiger partial charge is 0.249 e. The standard InChI is InChI=1S/C38H51F2N3O3/c1-4-14-43(15-5-2)36(45)31-16-26(3)22-38(23-31,37(41)46)34(20-28-18-32(39)21-33(40)19-28)35(44)25-42-24-27-10-9-13-30(17-27)29-11-7-6-8-12-29/h9-10,13,16-19,21-22,29,34-35,42,44H,4-8,11-12,14-15,20,23-25H2,1-3H3,(H2,41,46)/t34-,35+,38?/m1/s1. The van der Waals surface area contributed by atoms with Crippen LogP contribution in [0.5, 0.6) is 0 Å². The molecule has 2 aromatic carbocycles. The Labute approximate surface area is 273 Å². The highest BCUT2D eigenvalue weighted by molar-refractivity contribution is 5.97. The highest BCUT2D eigenvalue weighted by atomic mass is 19.1. The maximum Gasteiger partial charge on any atom is 0.249 e. The van der Waals surface area contributed by atoms with E-state index in [9.17, 15) is 23.5 Å². The van der Waals surface area contributed by atoms with E-state index in [0.29, 0.717) is 42.3 Å². The molecule has 3 atom stereocenters. The Hall–Kier alpha value is -3.36. The molecule has 0 aromatic heterocycles. The molecule has 1 saturated carbocycles. The summed E-state index contributed by atoms with van der Waals surface area (Å²) in [5.74, 6) is -2.64. The number of carbonyl (C=O) groups is 2. The van der Waals surface area contributed by atoms with Crippen LogP contribution in [0.15, 0.2) is 65.8 Å². The van der Waals surface area contributed by atoms with Gasteiger partial charge in [0.2, 0.25) is 11.8 Å². The van der Waals surface area contributed by atoms with Crippen LogP contribution in [-0.4, -0.2) is 47.6 Å². The van der Waals surface area contributed by atoms with Crippen LogP contribution in [-0.2, 0) is 22.6 Å². The molecule has 1 fully saturated rings. The third-order valence-electron chi connectivity index (χ3n) is 9.59. The first-order chi connectivity index (χ1) is 22.1. The zero-order chi connectivity index (χ0) is 33.3. The SMILES string of the molecule is CCCN(CCC)C(=O)C1=CC(C)=CC(C(N)=O)([C@H](Cc2cc(F)cc(F)c2)[C@@H](O)CNCc2cccc(C3CCCCC3)c2)C1. The molecule has 2 aromatic rings. The topological polar surface area (TPSA) is 95.7 Å². The Balaban J connectivity index is 1.61. The lowest BCUT2D eigenvalue weighted by Gasteiger charge is -2.42. The van der Waals surface area contributed by atoms with Crippen molar-refractivity contribution in [3.63, 3.8) is 0 Å². The van der Waals surface area contributed by atoms with Crippen molar-refractivity contribution in [3.05, 3.63) is 94.1 Å². The first kappa shape index (κ1) is 35.5. The molecule has 0 aliphatic heterocycles. The Bertz CT molecular complexity index is 1390. The molecule has 2 aliphatic carbocycles. The van der Waals surface area contributed by atoms with Gasteiger partial charge in [0.15, 0.2) is 0 Å². The minimum Gasteiger partial charge on any atom is -0.391 e. The van der Waals surface area contributed by atoms with E-state index in [1.54, 1.807) is 24.0 Å². The van der Waals surface area contributed by atoms with Crippen molar-refractivity contribution in [1.29, 1.82) is 0 Å². The van der Waals surface area contributed by atoms with Gasteiger partial charge in [0, 0.05) is 43.7 Å². The number of hydrogen-bond acceptors (Lipinski definition) is 4. The van der Waals surface area contributed by atoms with E-state index in [0.717, 1.165) is 24.5 Å². The van der Waals surface area contributed by atoms with Gasteiger partial charge in [-0.3, -0.25) is 9.59 Å². The first-order valence-electron chi connectivity index (χ1n) is 17.0. The van der Waals surface area contributed by atoms with Crippen molar-refractivity contribution >= 4 is 11.8 Å². The molecule has 0 spiro atoms. The van der Waals surface area contributed by atoms with Crippen LogP contribution in [0.25, 0.3) is 0 Å². The highest BCUT2D eigenvalue weighted by Crippen LogP contribution is 2.44. The van der Waals surface area contributed by atoms with Crippen molar-refractivity contribution in [2.24, 2.45) is 17.1 Å². The molecule has 4 N–H and O–H groups in total. The quantitative estimate of drug-likeness (QED) is 0.203. The summed E-state index contributed by atoms with van der Waals surface area (Å²) in [4.78, 5) is 29.0. The molecule has 2 amide bonds. The number of nitrogens with two attached hydrogens (primary N) is 1. The maximum atomic E-state index is 14.3. The molecule has 4 rings (SSSR count). The van der Waals surface area contributed by atoms with Gasteiger partial charge in [0.25, 0.3) is 0 Å². The summed E-state index contributed by atoms with van der Waals surface area (Å²) in [6, 6.07) is 11.8. The van der Waals surface area contributed by atoms with Gasteiger partial charge < -0.3 is 21.1 Å². The zero-order valence-electron chi connectivity index (χ0n) is 27.7. The molecule has 0 heterocycles. The molecule has 46 heavy (non-hydrogen) atoms. The number of aliphatic hydroxyl groups excluding tert-OH is 1. The van der Waals surface area contributed by atoms with Crippen molar-refractivity contribution in [2.45, 2.75) is 97.1 Å². The summed E-state index contributed by atoms with van der Waals surface area (Å²) >= 11 is 0. The predicted octanol–water partition coefficient (Wildman–Crippen LogP) is 6.72. The van der Waals surface area contributed by atoms with Crippen LogP contribution < -0.4 is 11.1 Å². The molecule has 2 aliphatic rings. The fourth-order valence-corrected chi connectivity index (χ4v) is 7.46. The Kier molecular flexibility index (Phi) is 12.7. The molecule has 0 saturated heterocycles. The third-order valence-corrected chi connectivity index (χ3v) is 9.59. The number of aliphatic hydroxyl groups is 1. The summed E-state index contributed by atoms with van der Waals surface area (Å²) in [5.41, 5.74) is 8.56. The lowest BCUT2D eigenvalue weighted by atomic mass is 9.63. The average Bonchev–Trinajstić information content (AvgIpc) is 3.03. The highest BCUT2D eigenvalue weighted by Gasteiger charge is 2.48. The number of halogens is 2. The second kappa shape index (κ2) is 16.5. The Morgan fingerprint density at radius 2 is 1.70 bits per heavy atom. The number of rotatable bonds is 15. The summed E-state index contributed by atoms with van der Waals surface area (Å²) in [6.45, 7) is 7.60. The van der Waals surface area contributed by atoms with Crippen molar-refractivity contribution < 1.29 is 23.5 Å². The monoisotopic (exact) mass is 635 g/mol. The number of nitrogens with one attached hydrogen (secondary N) is 1. The average molecular weight is 636 g/mol. The molecular formula is C38H51F2N3O3. The fourth-order valence-electron chi connectivity index (χ4n) is 7.46. The van der Waals surface area contributed by atoms with Gasteiger partial charge in [0.1, 0.15) is 11.6 Å². The summed E-state index contributed by atoms with van der Waals surface area (Å²) in [6.07, 6.45) is 10.1. The van der Waals surface area contributed by atoms with Crippen molar-refractivity contribution in [3.8, 4) is 0 Å². The number of carbonyl (C=O) groups excluding carboxylic acids is 2. The maximum absolute atomic E-state index is 14.3. The Morgan fingerprint density at radius 1 is 1.02 bits per heavy atom. The van der Waals surface area contributed by atoms with Gasteiger partial charge in [-0.05, 0) is 80.2 Å². The lowest BCUT2D eigenvalue weighted by molar-refractivity contribution is -0.132. The van der Waals surface area contributed by atoms with E-state index in [2.05, 4.69) is 29.6 Å². The largest absolute Gasteiger partial charge is 0.391 e. The van der Waals surface area contributed by atoms with Crippen molar-refractivity contribution in [2.75, 3.05) is 19.6 Å². The van der Waals surface area contributed by atoms with E-state index in [-0.39, 0.29) is 25.3 Å². The number of hydrogen-bond donors (Lipinski definition) is 3. The number of nitrogens with zero attached hydrogens (tertiary/aromatic N) is 1. The molecule has 0 bridgehead atoms. The molecule has 0 radical (unpaired) electrons. The van der Waals surface area contributed by atoms with E-state index < -0.39 is 35.0 Å². The third kappa shape index (κ3) is 8.91. The zero-order valence-corrected chi connectivity index (χ0v) is 27.7. The summed E-state index contributed by atoms with van der Waals surface area (Å²) in [7, 11) is 0. The minimum absolute atomic E-state index is 0.00854. The van der Waals surface area contributed by atoms with Crippen molar-refractivity contribution in [1.82, 2.24) is 10.2 Å². The lowest BCUT2D eigenvalue weighted by Crippen LogP contribution is -2.51. The van der Waals surface area contributed by atoms with E-state index >= 15 is 0 Å². The minimum atomic E-state index is -1.46. The second-order valence-corrected chi connectivity index (χ2v) is 13.3. The first-order valence-corrected chi connectivity index (χ1v) is 17.0. The van der Waals surface area contributed by atoms with Gasteiger partial charge in [-0.15, -0.1) is 0 Å². The number of benzene rings is 2. The van der Waals surface area contributed by atoms with E-state index in [4.69, 9.17) is 5.73 Å². The second-order valence-electron chi connectivity index (χ2n) is 13.3. The van der Waals surface area contributed by atoms with E-state index in [1.165, 1.54) is 49.8 Å². The van der Waals surface area contributed by atoms with Crippen LogP contribution in [0.2, 0.25) is 0 Å². The number of amides is 2. The van der Waals surface area contributed by atoms with E-state index in [1.807, 2.05) is 13.8 Å². The van der Waals surface area contributed by atoms with Gasteiger partial charge >= 0.3 is 0 Å². The normalized spacial score (nSPS) is 20.0. The molecule has 1 unspecified atom stereocenters. The van der Waals surface area contributed by atoms with Gasteiger partial charge in [0.05, 0.1) is 11.5 Å². The summed E-state index contributed by atoms with van der Waals surface area (Å²) in [5, 5.41) is 15.2. The molecule has 8 heteroatoms. The van der Waals surface area contributed by atoms with Gasteiger partial charge in [-0.25, -0.2) is 8.78 Å². The van der Waals surface area contributed by atoms with Crippen LogP contribution in [0, 0.1) is 23.0 Å². The number of primary amides is 1. The summed E-state index contributed by atoms with van der Waals surface area (Å²) < 4.78 is 28.6. The fraction of sp³-hybridized carbons (Fsp3) is 0.526. The van der Waals surface area contributed by atoms with Gasteiger partial charge in [-0.2, -0.15) is 0 Å². The number of allylic oxidation sites excluding steroid dienone is 2. The molecule has 250 valence electrons. The van der Waals surface area contributed by atoms with Crippen LogP contribution in [0.1, 0.15) is 94.7 Å². The van der Waals surface area contributed by atoms with Crippen LogP contribution in [0.3, 0.4) is 0 Å². The van der Waals surface area contributed by atoms with Crippen LogP contribution in [0.4, 0.5) is 8.78 Å². The molecule has 6 nitrogen and oxygen atoms in total.